The standard InChI is InChI=1S/C11H20N2O3S/c1-12-10(14)9-4-3-5-11(9)6-7-13(8-11)17(2,15)16/h9H,3-8H2,1-2H3,(H,12,14)/t9-,11+/m0/s1. The molecule has 2 fully saturated rings. The summed E-state index contributed by atoms with van der Waals surface area (Å²) in [4.78, 5) is 11.9. The Morgan fingerprint density at radius 2 is 2.12 bits per heavy atom. The highest BCUT2D eigenvalue weighted by Crippen LogP contribution is 2.50. The van der Waals surface area contributed by atoms with E-state index in [1.807, 2.05) is 0 Å². The van der Waals surface area contributed by atoms with E-state index >= 15 is 0 Å². The van der Waals surface area contributed by atoms with Gasteiger partial charge < -0.3 is 5.32 Å². The van der Waals surface area contributed by atoms with Crippen LogP contribution in [-0.4, -0.2) is 45.0 Å². The number of hydrogen-bond donors (Lipinski definition) is 1. The third-order valence-corrected chi connectivity index (χ3v) is 5.54. The van der Waals surface area contributed by atoms with Gasteiger partial charge in [-0.05, 0) is 24.7 Å². The largest absolute Gasteiger partial charge is 0.359 e. The Morgan fingerprint density at radius 3 is 2.65 bits per heavy atom. The number of carbonyl (C=O) groups excluding carboxylic acids is 1. The molecule has 0 aromatic heterocycles. The van der Waals surface area contributed by atoms with Crippen LogP contribution in [0.2, 0.25) is 0 Å². The highest BCUT2D eigenvalue weighted by molar-refractivity contribution is 7.88. The summed E-state index contributed by atoms with van der Waals surface area (Å²) in [7, 11) is -1.47. The molecule has 1 heterocycles. The van der Waals surface area contributed by atoms with Gasteiger partial charge in [0.2, 0.25) is 15.9 Å². The predicted octanol–water partition coefficient (Wildman–Crippen LogP) is 0.184. The van der Waals surface area contributed by atoms with E-state index in [1.54, 1.807) is 7.05 Å². The van der Waals surface area contributed by atoms with E-state index < -0.39 is 10.0 Å². The van der Waals surface area contributed by atoms with Crippen LogP contribution in [-0.2, 0) is 14.8 Å². The van der Waals surface area contributed by atoms with Crippen LogP contribution in [0, 0.1) is 11.3 Å². The minimum absolute atomic E-state index is 0.0146. The Labute approximate surface area is 103 Å². The van der Waals surface area contributed by atoms with Gasteiger partial charge in [-0.15, -0.1) is 0 Å². The van der Waals surface area contributed by atoms with Crippen LogP contribution in [0.3, 0.4) is 0 Å². The molecule has 2 rings (SSSR count). The molecule has 0 aromatic rings. The van der Waals surface area contributed by atoms with Gasteiger partial charge in [0, 0.05) is 26.1 Å². The molecule has 2 atom stereocenters. The van der Waals surface area contributed by atoms with E-state index in [1.165, 1.54) is 10.6 Å². The first-order chi connectivity index (χ1) is 7.89. The summed E-state index contributed by atoms with van der Waals surface area (Å²) in [5.41, 5.74) is -0.108. The minimum atomic E-state index is -3.12. The van der Waals surface area contributed by atoms with Gasteiger partial charge in [-0.3, -0.25) is 4.79 Å². The molecule has 2 aliphatic rings. The molecule has 5 nitrogen and oxygen atoms in total. The van der Waals surface area contributed by atoms with Crippen molar-refractivity contribution in [3.63, 3.8) is 0 Å². The fraction of sp³-hybridized carbons (Fsp3) is 0.909. The Morgan fingerprint density at radius 1 is 1.41 bits per heavy atom. The number of carbonyl (C=O) groups is 1. The molecule has 1 saturated heterocycles. The Bertz CT molecular complexity index is 420. The molecule has 1 aliphatic carbocycles. The average Bonchev–Trinajstić information content (AvgIpc) is 2.85. The lowest BCUT2D eigenvalue weighted by atomic mass is 9.76. The van der Waals surface area contributed by atoms with Crippen molar-refractivity contribution in [2.24, 2.45) is 11.3 Å². The van der Waals surface area contributed by atoms with Crippen LogP contribution < -0.4 is 5.32 Å². The van der Waals surface area contributed by atoms with E-state index in [4.69, 9.17) is 0 Å². The van der Waals surface area contributed by atoms with E-state index in [2.05, 4.69) is 5.32 Å². The monoisotopic (exact) mass is 260 g/mol. The van der Waals surface area contributed by atoms with Gasteiger partial charge in [0.15, 0.2) is 0 Å². The topological polar surface area (TPSA) is 66.5 Å². The SMILES string of the molecule is CNC(=O)[C@@H]1CCC[C@]12CCN(S(C)(=O)=O)C2. The Kier molecular flexibility index (Phi) is 3.20. The smallest absolute Gasteiger partial charge is 0.223 e. The van der Waals surface area contributed by atoms with Gasteiger partial charge in [-0.1, -0.05) is 6.42 Å². The van der Waals surface area contributed by atoms with Crippen LogP contribution in [0.25, 0.3) is 0 Å². The van der Waals surface area contributed by atoms with E-state index in [-0.39, 0.29) is 17.2 Å². The lowest BCUT2D eigenvalue weighted by Crippen LogP contribution is -2.40. The van der Waals surface area contributed by atoms with Crippen molar-refractivity contribution in [3.05, 3.63) is 0 Å². The number of rotatable bonds is 2. The summed E-state index contributed by atoms with van der Waals surface area (Å²) < 4.78 is 24.6. The zero-order chi connectivity index (χ0) is 12.7. The minimum Gasteiger partial charge on any atom is -0.359 e. The van der Waals surface area contributed by atoms with Crippen molar-refractivity contribution in [3.8, 4) is 0 Å². The average molecular weight is 260 g/mol. The van der Waals surface area contributed by atoms with Gasteiger partial charge in [-0.2, -0.15) is 0 Å². The number of nitrogens with one attached hydrogen (secondary N) is 1. The molecule has 0 aromatic carbocycles. The molecule has 1 N–H and O–H groups in total. The van der Waals surface area contributed by atoms with E-state index in [0.29, 0.717) is 13.1 Å². The van der Waals surface area contributed by atoms with Crippen molar-refractivity contribution >= 4 is 15.9 Å². The quantitative estimate of drug-likeness (QED) is 0.770. The molecule has 1 aliphatic heterocycles. The van der Waals surface area contributed by atoms with Crippen molar-refractivity contribution in [2.75, 3.05) is 26.4 Å². The first-order valence-corrected chi connectivity index (χ1v) is 7.91. The normalized spacial score (nSPS) is 34.4. The Hall–Kier alpha value is -0.620. The van der Waals surface area contributed by atoms with E-state index in [0.717, 1.165) is 25.7 Å². The lowest BCUT2D eigenvalue weighted by Gasteiger charge is -2.29. The highest BCUT2D eigenvalue weighted by atomic mass is 32.2. The molecular weight excluding hydrogens is 240 g/mol. The first kappa shape index (κ1) is 12.8. The molecule has 0 unspecified atom stereocenters. The molecule has 6 heteroatoms. The van der Waals surface area contributed by atoms with Gasteiger partial charge in [0.25, 0.3) is 0 Å². The van der Waals surface area contributed by atoms with Crippen molar-refractivity contribution in [2.45, 2.75) is 25.7 Å². The van der Waals surface area contributed by atoms with Crippen molar-refractivity contribution < 1.29 is 13.2 Å². The summed E-state index contributed by atoms with van der Waals surface area (Å²) in [6, 6.07) is 0. The molecule has 98 valence electrons. The second-order valence-electron chi connectivity index (χ2n) is 5.27. The molecule has 1 amide bonds. The number of sulfonamides is 1. The fourth-order valence-corrected chi connectivity index (χ4v) is 4.26. The van der Waals surface area contributed by atoms with Crippen LogP contribution in [0.15, 0.2) is 0 Å². The zero-order valence-corrected chi connectivity index (χ0v) is 11.2. The van der Waals surface area contributed by atoms with Gasteiger partial charge in [-0.25, -0.2) is 12.7 Å². The molecule has 1 spiro atoms. The third-order valence-electron chi connectivity index (χ3n) is 4.29. The predicted molar refractivity (Wildman–Crippen MR) is 64.9 cm³/mol. The second-order valence-corrected chi connectivity index (χ2v) is 7.25. The molecule has 0 radical (unpaired) electrons. The molecule has 1 saturated carbocycles. The fourth-order valence-electron chi connectivity index (χ4n) is 3.35. The molecule has 17 heavy (non-hydrogen) atoms. The maximum Gasteiger partial charge on any atom is 0.223 e. The van der Waals surface area contributed by atoms with E-state index in [9.17, 15) is 13.2 Å². The number of nitrogens with zero attached hydrogens (tertiary/aromatic N) is 1. The summed E-state index contributed by atoms with van der Waals surface area (Å²) >= 11 is 0. The maximum absolute atomic E-state index is 11.9. The number of amides is 1. The van der Waals surface area contributed by atoms with Crippen LogP contribution in [0.5, 0.6) is 0 Å². The van der Waals surface area contributed by atoms with Crippen LogP contribution in [0.1, 0.15) is 25.7 Å². The van der Waals surface area contributed by atoms with Gasteiger partial charge >= 0.3 is 0 Å². The van der Waals surface area contributed by atoms with Gasteiger partial charge in [0.05, 0.1) is 6.26 Å². The Balaban J connectivity index is 2.18. The van der Waals surface area contributed by atoms with Crippen molar-refractivity contribution in [1.29, 1.82) is 0 Å². The molecule has 0 bridgehead atoms. The number of hydrogen-bond acceptors (Lipinski definition) is 3. The third kappa shape index (κ3) is 2.20. The lowest BCUT2D eigenvalue weighted by molar-refractivity contribution is -0.127. The van der Waals surface area contributed by atoms with Gasteiger partial charge in [0.1, 0.15) is 0 Å². The summed E-state index contributed by atoms with van der Waals surface area (Å²) in [5.74, 6) is 0.0529. The van der Waals surface area contributed by atoms with Crippen LogP contribution in [0.4, 0.5) is 0 Å². The second kappa shape index (κ2) is 4.24. The van der Waals surface area contributed by atoms with Crippen LogP contribution >= 0.6 is 0 Å². The van der Waals surface area contributed by atoms with Crippen molar-refractivity contribution in [1.82, 2.24) is 9.62 Å². The summed E-state index contributed by atoms with van der Waals surface area (Å²) in [6.45, 7) is 1.08. The molecular formula is C11H20N2O3S. The highest BCUT2D eigenvalue weighted by Gasteiger charge is 2.51. The summed E-state index contributed by atoms with van der Waals surface area (Å²) in [5, 5.41) is 2.70. The summed E-state index contributed by atoms with van der Waals surface area (Å²) in [6.07, 6.45) is 4.94. The first-order valence-electron chi connectivity index (χ1n) is 6.06. The maximum atomic E-state index is 11.9. The zero-order valence-electron chi connectivity index (χ0n) is 10.4.